The minimum Gasteiger partial charge on any atom is -0.388 e. The van der Waals surface area contributed by atoms with Gasteiger partial charge in [-0.2, -0.15) is 0 Å². The maximum absolute atomic E-state index is 13.3. The summed E-state index contributed by atoms with van der Waals surface area (Å²) in [6.45, 7) is 0. The minimum absolute atomic E-state index is 0.0996. The number of hydrogen-bond donors (Lipinski definition) is 1. The van der Waals surface area contributed by atoms with Crippen molar-refractivity contribution in [1.82, 2.24) is 0 Å². The SMILES string of the molecule is OC(Cc1ccc(Cl)c(F)c1)c1ccccc1I. The molecule has 0 aliphatic rings. The van der Waals surface area contributed by atoms with Crippen LogP contribution in [0.4, 0.5) is 4.39 Å². The van der Waals surface area contributed by atoms with Crippen LogP contribution in [0.3, 0.4) is 0 Å². The van der Waals surface area contributed by atoms with Gasteiger partial charge < -0.3 is 5.11 Å². The zero-order valence-corrected chi connectivity index (χ0v) is 12.3. The normalized spacial score (nSPS) is 12.4. The molecular weight excluding hydrogens is 366 g/mol. The Bertz CT molecular complexity index is 559. The second-order valence-electron chi connectivity index (χ2n) is 3.99. The van der Waals surface area contributed by atoms with Gasteiger partial charge in [0, 0.05) is 9.99 Å². The zero-order valence-electron chi connectivity index (χ0n) is 9.41. The molecule has 0 radical (unpaired) electrons. The van der Waals surface area contributed by atoms with E-state index < -0.39 is 11.9 Å². The van der Waals surface area contributed by atoms with Crippen molar-refractivity contribution in [3.63, 3.8) is 0 Å². The van der Waals surface area contributed by atoms with E-state index in [1.165, 1.54) is 12.1 Å². The van der Waals surface area contributed by atoms with Crippen LogP contribution in [0.25, 0.3) is 0 Å². The largest absolute Gasteiger partial charge is 0.388 e. The van der Waals surface area contributed by atoms with Crippen LogP contribution in [0.1, 0.15) is 17.2 Å². The number of hydrogen-bond acceptors (Lipinski definition) is 1. The van der Waals surface area contributed by atoms with E-state index in [1.807, 2.05) is 24.3 Å². The molecule has 0 aromatic heterocycles. The number of benzene rings is 2. The fourth-order valence-electron chi connectivity index (χ4n) is 1.75. The molecule has 94 valence electrons. The molecule has 0 spiro atoms. The third-order valence-electron chi connectivity index (χ3n) is 2.68. The summed E-state index contributed by atoms with van der Waals surface area (Å²) in [5.74, 6) is -0.455. The van der Waals surface area contributed by atoms with Crippen molar-refractivity contribution in [1.29, 1.82) is 0 Å². The van der Waals surface area contributed by atoms with Crippen LogP contribution >= 0.6 is 34.2 Å². The smallest absolute Gasteiger partial charge is 0.142 e. The molecule has 0 heterocycles. The average molecular weight is 377 g/mol. The Morgan fingerprint density at radius 2 is 1.94 bits per heavy atom. The maximum Gasteiger partial charge on any atom is 0.142 e. The number of rotatable bonds is 3. The van der Waals surface area contributed by atoms with Gasteiger partial charge >= 0.3 is 0 Å². The Labute approximate surface area is 124 Å². The van der Waals surface area contributed by atoms with Gasteiger partial charge in [-0.05, 0) is 51.9 Å². The van der Waals surface area contributed by atoms with E-state index in [1.54, 1.807) is 6.07 Å². The van der Waals surface area contributed by atoms with E-state index in [2.05, 4.69) is 22.6 Å². The Balaban J connectivity index is 2.19. The summed E-state index contributed by atoms with van der Waals surface area (Å²) in [7, 11) is 0. The van der Waals surface area contributed by atoms with Gasteiger partial charge in [-0.25, -0.2) is 4.39 Å². The molecule has 18 heavy (non-hydrogen) atoms. The third kappa shape index (κ3) is 3.22. The minimum atomic E-state index is -0.640. The van der Waals surface area contributed by atoms with Crippen molar-refractivity contribution >= 4 is 34.2 Å². The molecule has 4 heteroatoms. The van der Waals surface area contributed by atoms with E-state index >= 15 is 0 Å². The van der Waals surface area contributed by atoms with Crippen LogP contribution in [0, 0.1) is 9.39 Å². The molecule has 0 fully saturated rings. The van der Waals surface area contributed by atoms with E-state index in [0.29, 0.717) is 6.42 Å². The predicted octanol–water partition coefficient (Wildman–Crippen LogP) is 4.36. The molecule has 0 amide bonds. The lowest BCUT2D eigenvalue weighted by Crippen LogP contribution is -2.04. The predicted molar refractivity (Wildman–Crippen MR) is 79.2 cm³/mol. The second-order valence-corrected chi connectivity index (χ2v) is 5.56. The molecule has 1 N–H and O–H groups in total. The molecule has 1 atom stereocenters. The Morgan fingerprint density at radius 3 is 2.61 bits per heavy atom. The first-order chi connectivity index (χ1) is 8.58. The first-order valence-corrected chi connectivity index (χ1v) is 6.90. The van der Waals surface area contributed by atoms with Crippen molar-refractivity contribution in [3.05, 3.63) is 68.0 Å². The lowest BCUT2D eigenvalue weighted by atomic mass is 10.0. The van der Waals surface area contributed by atoms with Gasteiger partial charge in [0.05, 0.1) is 11.1 Å². The van der Waals surface area contributed by atoms with Crippen LogP contribution in [0.2, 0.25) is 5.02 Å². The summed E-state index contributed by atoms with van der Waals surface area (Å²) in [6.07, 6.45) is -0.271. The van der Waals surface area contributed by atoms with E-state index in [0.717, 1.165) is 14.7 Å². The highest BCUT2D eigenvalue weighted by Gasteiger charge is 2.12. The maximum atomic E-state index is 13.3. The highest BCUT2D eigenvalue weighted by Crippen LogP contribution is 2.24. The number of aliphatic hydroxyl groups excluding tert-OH is 1. The number of aliphatic hydroxyl groups is 1. The van der Waals surface area contributed by atoms with Crippen molar-refractivity contribution in [2.45, 2.75) is 12.5 Å². The monoisotopic (exact) mass is 376 g/mol. The summed E-state index contributed by atoms with van der Waals surface area (Å²) in [5, 5.41) is 10.3. The molecule has 0 aliphatic heterocycles. The molecule has 2 aromatic rings. The lowest BCUT2D eigenvalue weighted by Gasteiger charge is -2.13. The fourth-order valence-corrected chi connectivity index (χ4v) is 2.61. The van der Waals surface area contributed by atoms with Crippen molar-refractivity contribution in [2.24, 2.45) is 0 Å². The molecule has 0 aliphatic carbocycles. The molecule has 1 nitrogen and oxygen atoms in total. The molecule has 1 unspecified atom stereocenters. The molecule has 2 rings (SSSR count). The van der Waals surface area contributed by atoms with Crippen LogP contribution < -0.4 is 0 Å². The average Bonchev–Trinajstić information content (AvgIpc) is 2.34. The first-order valence-electron chi connectivity index (χ1n) is 5.44. The van der Waals surface area contributed by atoms with Gasteiger partial charge in [0.1, 0.15) is 5.82 Å². The van der Waals surface area contributed by atoms with Crippen LogP contribution in [-0.4, -0.2) is 5.11 Å². The van der Waals surface area contributed by atoms with Crippen molar-refractivity contribution < 1.29 is 9.50 Å². The Hall–Kier alpha value is -0.650. The molecule has 0 saturated heterocycles. The topological polar surface area (TPSA) is 20.2 Å². The number of halogens is 3. The Kier molecular flexibility index (Phi) is 4.59. The quantitative estimate of drug-likeness (QED) is 0.789. The standard InChI is InChI=1S/C14H11ClFIO/c15-11-6-5-9(7-12(11)16)8-14(18)10-3-1-2-4-13(10)17/h1-7,14,18H,8H2. The van der Waals surface area contributed by atoms with Gasteiger partial charge in [0.2, 0.25) is 0 Å². The fraction of sp³-hybridized carbons (Fsp3) is 0.143. The molecule has 0 bridgehead atoms. The van der Waals surface area contributed by atoms with Gasteiger partial charge in [0.25, 0.3) is 0 Å². The van der Waals surface area contributed by atoms with E-state index in [-0.39, 0.29) is 5.02 Å². The van der Waals surface area contributed by atoms with Crippen LogP contribution in [-0.2, 0) is 6.42 Å². The van der Waals surface area contributed by atoms with Crippen molar-refractivity contribution in [3.8, 4) is 0 Å². The van der Waals surface area contributed by atoms with Crippen LogP contribution in [0.5, 0.6) is 0 Å². The zero-order chi connectivity index (χ0) is 13.1. The summed E-state index contributed by atoms with van der Waals surface area (Å²) in [4.78, 5) is 0. The van der Waals surface area contributed by atoms with Gasteiger partial charge in [-0.1, -0.05) is 35.9 Å². The van der Waals surface area contributed by atoms with Gasteiger partial charge in [-0.15, -0.1) is 0 Å². The Morgan fingerprint density at radius 1 is 1.22 bits per heavy atom. The van der Waals surface area contributed by atoms with Crippen molar-refractivity contribution in [2.75, 3.05) is 0 Å². The first kappa shape index (κ1) is 13.8. The van der Waals surface area contributed by atoms with E-state index in [9.17, 15) is 9.50 Å². The third-order valence-corrected chi connectivity index (χ3v) is 3.97. The van der Waals surface area contributed by atoms with E-state index in [4.69, 9.17) is 11.6 Å². The summed E-state index contributed by atoms with van der Waals surface area (Å²) < 4.78 is 14.3. The van der Waals surface area contributed by atoms with Gasteiger partial charge in [0.15, 0.2) is 0 Å². The second kappa shape index (κ2) is 5.99. The van der Waals surface area contributed by atoms with Gasteiger partial charge in [-0.3, -0.25) is 0 Å². The van der Waals surface area contributed by atoms with Crippen LogP contribution in [0.15, 0.2) is 42.5 Å². The highest BCUT2D eigenvalue weighted by atomic mass is 127. The molecular formula is C14H11ClFIO. The molecule has 2 aromatic carbocycles. The highest BCUT2D eigenvalue weighted by molar-refractivity contribution is 14.1. The lowest BCUT2D eigenvalue weighted by molar-refractivity contribution is 0.177. The summed E-state index contributed by atoms with van der Waals surface area (Å²) >= 11 is 7.80. The summed E-state index contributed by atoms with van der Waals surface area (Å²) in [5.41, 5.74) is 1.58. The summed E-state index contributed by atoms with van der Waals surface area (Å²) in [6, 6.07) is 12.2. The molecule has 0 saturated carbocycles.